The molecule has 5 heteroatoms. The van der Waals surface area contributed by atoms with E-state index in [2.05, 4.69) is 46.9 Å². The summed E-state index contributed by atoms with van der Waals surface area (Å²) in [6.07, 6.45) is 2.84. The molecule has 0 saturated heterocycles. The van der Waals surface area contributed by atoms with Crippen LogP contribution in [0.5, 0.6) is 0 Å². The summed E-state index contributed by atoms with van der Waals surface area (Å²) in [6.45, 7) is 8.16. The van der Waals surface area contributed by atoms with E-state index in [9.17, 15) is 0 Å². The average Bonchev–Trinajstić information content (AvgIpc) is 3.04. The van der Waals surface area contributed by atoms with Crippen LogP contribution >= 0.6 is 11.3 Å². The highest BCUT2D eigenvalue weighted by atomic mass is 32.1. The van der Waals surface area contributed by atoms with Gasteiger partial charge in [-0.05, 0) is 26.3 Å². The lowest BCUT2D eigenvalue weighted by atomic mass is 10.3. The first-order valence-corrected chi connectivity index (χ1v) is 7.30. The normalized spacial score (nSPS) is 12.8. The van der Waals surface area contributed by atoms with E-state index < -0.39 is 0 Å². The molecule has 0 aliphatic rings. The molecule has 2 aromatic heterocycles. The Kier molecular flexibility index (Phi) is 4.49. The molecule has 18 heavy (non-hydrogen) atoms. The molecule has 2 rings (SSSR count). The molecule has 2 heterocycles. The number of hydrogen-bond acceptors (Lipinski definition) is 4. The summed E-state index contributed by atoms with van der Waals surface area (Å²) < 4.78 is 2.07. The van der Waals surface area contributed by atoms with Crippen LogP contribution in [0.15, 0.2) is 17.6 Å². The summed E-state index contributed by atoms with van der Waals surface area (Å²) in [7, 11) is 0. The van der Waals surface area contributed by atoms with E-state index in [1.165, 1.54) is 5.69 Å². The minimum atomic E-state index is 0.287. The number of rotatable bonds is 6. The van der Waals surface area contributed by atoms with Gasteiger partial charge in [0.25, 0.3) is 0 Å². The third-order valence-electron chi connectivity index (χ3n) is 2.99. The molecule has 0 aliphatic carbocycles. The maximum atomic E-state index is 4.55. The second-order valence-electron chi connectivity index (χ2n) is 4.27. The molecule has 1 atom stereocenters. The van der Waals surface area contributed by atoms with Crippen molar-refractivity contribution in [1.82, 2.24) is 20.1 Å². The van der Waals surface area contributed by atoms with Gasteiger partial charge in [0, 0.05) is 24.7 Å². The Morgan fingerprint density at radius 1 is 1.44 bits per heavy atom. The van der Waals surface area contributed by atoms with Crippen LogP contribution in [0.1, 0.15) is 43.2 Å². The fourth-order valence-electron chi connectivity index (χ4n) is 1.90. The van der Waals surface area contributed by atoms with Gasteiger partial charge in [0.15, 0.2) is 0 Å². The van der Waals surface area contributed by atoms with E-state index in [1.807, 2.05) is 11.6 Å². The lowest BCUT2D eigenvalue weighted by molar-refractivity contribution is 0.529. The van der Waals surface area contributed by atoms with Crippen molar-refractivity contribution in [2.75, 3.05) is 0 Å². The van der Waals surface area contributed by atoms with Crippen LogP contribution in [0.4, 0.5) is 0 Å². The average molecular weight is 264 g/mol. The van der Waals surface area contributed by atoms with Gasteiger partial charge in [-0.1, -0.05) is 6.92 Å². The Balaban J connectivity index is 1.99. The van der Waals surface area contributed by atoms with Crippen LogP contribution in [0, 0.1) is 0 Å². The summed E-state index contributed by atoms with van der Waals surface area (Å²) in [5.41, 5.74) is 2.41. The largest absolute Gasteiger partial charge is 0.302 e. The highest BCUT2D eigenvalue weighted by molar-refractivity contribution is 7.09. The highest BCUT2D eigenvalue weighted by Crippen LogP contribution is 2.15. The zero-order valence-corrected chi connectivity index (χ0v) is 12.0. The maximum absolute atomic E-state index is 4.55. The monoisotopic (exact) mass is 264 g/mol. The van der Waals surface area contributed by atoms with Crippen molar-refractivity contribution in [2.24, 2.45) is 0 Å². The standard InChI is InChI=1S/C13H20N4S/c1-4-11-8-12(17(5-2)16-11)9-15-10(3)13-14-6-7-18-13/h6-8,10,15H,4-5,9H2,1-3H3. The molecule has 4 nitrogen and oxygen atoms in total. The zero-order chi connectivity index (χ0) is 13.0. The Morgan fingerprint density at radius 3 is 2.89 bits per heavy atom. The molecule has 0 aromatic carbocycles. The molecule has 0 saturated carbocycles. The molecule has 0 bridgehead atoms. The van der Waals surface area contributed by atoms with Crippen LogP contribution in [0.2, 0.25) is 0 Å². The molecule has 0 radical (unpaired) electrons. The van der Waals surface area contributed by atoms with E-state index in [4.69, 9.17) is 0 Å². The predicted molar refractivity (Wildman–Crippen MR) is 74.6 cm³/mol. The topological polar surface area (TPSA) is 42.7 Å². The van der Waals surface area contributed by atoms with Gasteiger partial charge in [-0.2, -0.15) is 5.10 Å². The quantitative estimate of drug-likeness (QED) is 0.872. The Bertz CT molecular complexity index is 475. The first kappa shape index (κ1) is 13.2. The van der Waals surface area contributed by atoms with Crippen molar-refractivity contribution >= 4 is 11.3 Å². The lowest BCUT2D eigenvalue weighted by Crippen LogP contribution is -2.20. The molecule has 0 aliphatic heterocycles. The van der Waals surface area contributed by atoms with Gasteiger partial charge in [0.05, 0.1) is 17.4 Å². The maximum Gasteiger partial charge on any atom is 0.109 e. The highest BCUT2D eigenvalue weighted by Gasteiger charge is 2.10. The van der Waals surface area contributed by atoms with Crippen LogP contribution in [-0.2, 0) is 19.5 Å². The second-order valence-corrected chi connectivity index (χ2v) is 5.20. The number of nitrogens with zero attached hydrogens (tertiary/aromatic N) is 3. The van der Waals surface area contributed by atoms with Gasteiger partial charge < -0.3 is 5.32 Å². The number of nitrogens with one attached hydrogen (secondary N) is 1. The molecule has 2 aromatic rings. The van der Waals surface area contributed by atoms with Crippen LogP contribution in [-0.4, -0.2) is 14.8 Å². The summed E-state index contributed by atoms with van der Waals surface area (Å²) in [6, 6.07) is 2.47. The molecule has 1 unspecified atom stereocenters. The smallest absolute Gasteiger partial charge is 0.109 e. The fourth-order valence-corrected chi connectivity index (χ4v) is 2.57. The summed E-state index contributed by atoms with van der Waals surface area (Å²) in [5, 5.41) is 11.2. The Hall–Kier alpha value is -1.20. The molecule has 0 spiro atoms. The molecule has 0 fully saturated rings. The van der Waals surface area contributed by atoms with Gasteiger partial charge in [-0.25, -0.2) is 4.98 Å². The Labute approximate surface area is 112 Å². The summed E-state index contributed by atoms with van der Waals surface area (Å²) >= 11 is 1.69. The van der Waals surface area contributed by atoms with Crippen LogP contribution in [0.25, 0.3) is 0 Å². The van der Waals surface area contributed by atoms with Crippen molar-refractivity contribution in [3.8, 4) is 0 Å². The van der Waals surface area contributed by atoms with Crippen molar-refractivity contribution in [3.63, 3.8) is 0 Å². The molecule has 98 valence electrons. The number of aryl methyl sites for hydroxylation is 2. The van der Waals surface area contributed by atoms with Crippen molar-refractivity contribution < 1.29 is 0 Å². The van der Waals surface area contributed by atoms with Crippen LogP contribution < -0.4 is 5.32 Å². The lowest BCUT2D eigenvalue weighted by Gasteiger charge is -2.11. The van der Waals surface area contributed by atoms with Crippen molar-refractivity contribution in [3.05, 3.63) is 34.0 Å². The van der Waals surface area contributed by atoms with E-state index in [-0.39, 0.29) is 6.04 Å². The SMILES string of the molecule is CCc1cc(CNC(C)c2nccs2)n(CC)n1. The van der Waals surface area contributed by atoms with Crippen LogP contribution in [0.3, 0.4) is 0 Å². The van der Waals surface area contributed by atoms with E-state index >= 15 is 0 Å². The van der Waals surface area contributed by atoms with E-state index in [1.54, 1.807) is 11.3 Å². The number of hydrogen-bond donors (Lipinski definition) is 1. The summed E-state index contributed by atoms with van der Waals surface area (Å²) in [5.74, 6) is 0. The van der Waals surface area contributed by atoms with Gasteiger partial charge in [0.2, 0.25) is 0 Å². The first-order valence-electron chi connectivity index (χ1n) is 6.43. The van der Waals surface area contributed by atoms with E-state index in [0.29, 0.717) is 0 Å². The third-order valence-corrected chi connectivity index (χ3v) is 3.95. The van der Waals surface area contributed by atoms with Gasteiger partial charge >= 0.3 is 0 Å². The number of thiazole rings is 1. The van der Waals surface area contributed by atoms with E-state index in [0.717, 1.165) is 30.2 Å². The first-order chi connectivity index (χ1) is 8.74. The molecule has 1 N–H and O–H groups in total. The zero-order valence-electron chi connectivity index (χ0n) is 11.2. The van der Waals surface area contributed by atoms with Gasteiger partial charge in [-0.3, -0.25) is 4.68 Å². The summed E-state index contributed by atoms with van der Waals surface area (Å²) in [4.78, 5) is 4.33. The van der Waals surface area contributed by atoms with Crippen molar-refractivity contribution in [2.45, 2.75) is 46.3 Å². The predicted octanol–water partition coefficient (Wildman–Crippen LogP) is 2.77. The van der Waals surface area contributed by atoms with Gasteiger partial charge in [0.1, 0.15) is 5.01 Å². The number of aromatic nitrogens is 3. The molecular formula is C13H20N4S. The van der Waals surface area contributed by atoms with Gasteiger partial charge in [-0.15, -0.1) is 11.3 Å². The third kappa shape index (κ3) is 2.97. The Morgan fingerprint density at radius 2 is 2.28 bits per heavy atom. The molecular weight excluding hydrogens is 244 g/mol. The second kappa shape index (κ2) is 6.11. The molecule has 0 amide bonds. The minimum Gasteiger partial charge on any atom is -0.302 e. The fraction of sp³-hybridized carbons (Fsp3) is 0.538. The minimum absolute atomic E-state index is 0.287. The van der Waals surface area contributed by atoms with Crippen molar-refractivity contribution in [1.29, 1.82) is 0 Å².